The fourth-order valence-electron chi connectivity index (χ4n) is 0. The molecule has 0 amide bonds. The Labute approximate surface area is 46.3 Å². The first kappa shape index (κ1) is 24.1. The van der Waals surface area contributed by atoms with E-state index in [0.29, 0.717) is 0 Å². The Bertz CT molecular complexity index is 10.8. The van der Waals surface area contributed by atoms with Crippen molar-refractivity contribution in [2.75, 3.05) is 0 Å². The van der Waals surface area contributed by atoms with Gasteiger partial charge in [0.1, 0.15) is 0 Å². The van der Waals surface area contributed by atoms with Gasteiger partial charge in [0, 0.05) is 40.7 Å². The van der Waals surface area contributed by atoms with Crippen molar-refractivity contribution in [3.63, 3.8) is 0 Å². The number of hydrogen-bond donors (Lipinski definition) is 0. The maximum absolute atomic E-state index is 6.50. The summed E-state index contributed by atoms with van der Waals surface area (Å²) in [6.45, 7) is 3.50. The van der Waals surface area contributed by atoms with E-state index >= 15 is 0 Å². The second-order valence-electron chi connectivity index (χ2n) is 0. The maximum atomic E-state index is 6.50. The van der Waals surface area contributed by atoms with E-state index in [9.17, 15) is 0 Å². The van der Waals surface area contributed by atoms with Crippen molar-refractivity contribution in [3.8, 4) is 6.57 Å². The molecule has 0 aliphatic rings. The van der Waals surface area contributed by atoms with Crippen LogP contribution in [0.25, 0.3) is 0 Å². The molecule has 0 saturated carbocycles. The Morgan fingerprint density at radius 1 is 1.00 bits per heavy atom. The summed E-state index contributed by atoms with van der Waals surface area (Å²) in [6.07, 6.45) is 0. The Morgan fingerprint density at radius 2 is 1.00 bits per heavy atom. The summed E-state index contributed by atoms with van der Waals surface area (Å²) >= 11 is 0. The quantitative estimate of drug-likeness (QED) is 0.455. The molecule has 0 bridgehead atoms. The van der Waals surface area contributed by atoms with Crippen LogP contribution in [-0.2, 0) is 34.1 Å². The number of hydrogen-bond acceptors (Lipinski definition) is 1. The van der Waals surface area contributed by atoms with Gasteiger partial charge in [-0.25, -0.2) is 5.26 Å². The molecule has 0 fully saturated rings. The van der Waals surface area contributed by atoms with Gasteiger partial charge in [0.25, 0.3) is 0 Å². The van der Waals surface area contributed by atoms with E-state index in [2.05, 4.69) is 6.57 Å². The van der Waals surface area contributed by atoms with Crippen LogP contribution in [-0.4, -0.2) is 0 Å². The molecular weight excluding hydrogens is 153 g/mol. The van der Waals surface area contributed by atoms with Crippen LogP contribution >= 0.6 is 0 Å². The SMILES string of the molecule is C#N.[Cu].[Cu]. The molecule has 0 atom stereocenters. The van der Waals surface area contributed by atoms with E-state index in [0.717, 1.165) is 0 Å². The smallest absolute Gasteiger partial charge is 0.0462 e. The monoisotopic (exact) mass is 153 g/mol. The van der Waals surface area contributed by atoms with Crippen molar-refractivity contribution in [2.45, 2.75) is 0 Å². The molecule has 0 rings (SSSR count). The zero-order valence-corrected chi connectivity index (χ0v) is 3.51. The van der Waals surface area contributed by atoms with E-state index in [1.165, 1.54) is 0 Å². The Balaban J connectivity index is -0.00000000500. The van der Waals surface area contributed by atoms with Gasteiger partial charge in [0.15, 0.2) is 0 Å². The van der Waals surface area contributed by atoms with Crippen molar-refractivity contribution < 1.29 is 34.1 Å². The Morgan fingerprint density at radius 3 is 1.00 bits per heavy atom. The first-order valence-corrected chi connectivity index (χ1v) is 0.258. The molecule has 0 aromatic carbocycles. The number of nitriles is 1. The van der Waals surface area contributed by atoms with Gasteiger partial charge in [0.2, 0.25) is 0 Å². The molecular formula is CHCu2N. The van der Waals surface area contributed by atoms with Crippen LogP contribution < -0.4 is 0 Å². The molecule has 0 aromatic heterocycles. The molecule has 0 spiro atoms. The van der Waals surface area contributed by atoms with E-state index < -0.39 is 0 Å². The fraction of sp³-hybridized carbons (Fsp3) is 0. The molecule has 1 nitrogen and oxygen atoms in total. The predicted octanol–water partition coefficient (Wildman–Crippen LogP) is 0.135. The fourth-order valence-corrected chi connectivity index (χ4v) is 0. The molecule has 0 aliphatic heterocycles. The summed E-state index contributed by atoms with van der Waals surface area (Å²) in [7, 11) is 0. The van der Waals surface area contributed by atoms with Crippen molar-refractivity contribution in [1.82, 2.24) is 0 Å². The maximum Gasteiger partial charge on any atom is 0.0462 e. The zero-order chi connectivity index (χ0) is 2.00. The molecule has 0 aliphatic carbocycles. The van der Waals surface area contributed by atoms with Gasteiger partial charge in [-0.1, -0.05) is 0 Å². The van der Waals surface area contributed by atoms with Crippen molar-refractivity contribution in [2.24, 2.45) is 0 Å². The van der Waals surface area contributed by atoms with E-state index in [1.807, 2.05) is 0 Å². The van der Waals surface area contributed by atoms with Gasteiger partial charge in [-0.2, -0.15) is 0 Å². The predicted molar refractivity (Wildman–Crippen MR) is 6.67 cm³/mol. The third kappa shape index (κ3) is 21.1. The van der Waals surface area contributed by atoms with Gasteiger partial charge < -0.3 is 0 Å². The minimum atomic E-state index is 0. The molecule has 32 valence electrons. The van der Waals surface area contributed by atoms with Crippen LogP contribution in [0, 0.1) is 11.8 Å². The molecule has 0 heterocycles. The molecule has 0 saturated heterocycles. The van der Waals surface area contributed by atoms with E-state index in [-0.39, 0.29) is 34.1 Å². The van der Waals surface area contributed by atoms with Crippen LogP contribution in [0.3, 0.4) is 0 Å². The summed E-state index contributed by atoms with van der Waals surface area (Å²) < 4.78 is 0. The van der Waals surface area contributed by atoms with Crippen LogP contribution in [0.2, 0.25) is 0 Å². The first-order chi connectivity index (χ1) is 1.00. The van der Waals surface area contributed by atoms with Gasteiger partial charge >= 0.3 is 0 Å². The average Bonchev–Trinajstić information content (AvgIpc) is 1.00. The summed E-state index contributed by atoms with van der Waals surface area (Å²) in [5.74, 6) is 0. The van der Waals surface area contributed by atoms with Crippen LogP contribution in [0.5, 0.6) is 0 Å². The Hall–Kier alpha value is 0.529. The molecule has 4 heavy (non-hydrogen) atoms. The van der Waals surface area contributed by atoms with Crippen LogP contribution in [0.15, 0.2) is 0 Å². The van der Waals surface area contributed by atoms with Gasteiger partial charge in [0.05, 0.1) is 0 Å². The molecule has 0 N–H and O–H groups in total. The van der Waals surface area contributed by atoms with Gasteiger partial charge in [-0.05, 0) is 0 Å². The Kier molecular flexibility index (Phi) is 487. The van der Waals surface area contributed by atoms with Gasteiger partial charge in [-0.3, -0.25) is 0 Å². The largest absolute Gasteiger partial charge is 0.202 e. The number of nitrogens with zero attached hydrogens (tertiary/aromatic N) is 1. The van der Waals surface area contributed by atoms with E-state index in [1.54, 1.807) is 0 Å². The van der Waals surface area contributed by atoms with E-state index in [4.69, 9.17) is 5.26 Å². The van der Waals surface area contributed by atoms with Gasteiger partial charge in [-0.15, -0.1) is 0 Å². The topological polar surface area (TPSA) is 23.8 Å². The van der Waals surface area contributed by atoms with Crippen LogP contribution in [0.4, 0.5) is 0 Å². The summed E-state index contributed by atoms with van der Waals surface area (Å²) in [5, 5.41) is 6.50. The summed E-state index contributed by atoms with van der Waals surface area (Å²) in [4.78, 5) is 0. The third-order valence-electron chi connectivity index (χ3n) is 0. The second-order valence-corrected chi connectivity index (χ2v) is 0. The molecule has 2 radical (unpaired) electrons. The minimum absolute atomic E-state index is 0. The normalized spacial score (nSPS) is 0.500. The third-order valence-corrected chi connectivity index (χ3v) is 0. The second kappa shape index (κ2) is 80.7. The van der Waals surface area contributed by atoms with Crippen molar-refractivity contribution in [1.29, 1.82) is 5.26 Å². The number of rotatable bonds is 0. The average molecular weight is 154 g/mol. The first-order valence-electron chi connectivity index (χ1n) is 0.258. The molecule has 0 unspecified atom stereocenters. The van der Waals surface area contributed by atoms with Crippen molar-refractivity contribution >= 4 is 0 Å². The molecule has 0 aromatic rings. The molecule has 3 heteroatoms. The summed E-state index contributed by atoms with van der Waals surface area (Å²) in [6, 6.07) is 0. The van der Waals surface area contributed by atoms with Crippen LogP contribution in [0.1, 0.15) is 0 Å². The minimum Gasteiger partial charge on any atom is -0.202 e. The summed E-state index contributed by atoms with van der Waals surface area (Å²) in [5.41, 5.74) is 0. The standard InChI is InChI=1S/CHN.2Cu/c1-2;;/h1H;;. The van der Waals surface area contributed by atoms with Crippen molar-refractivity contribution in [3.05, 3.63) is 0 Å². The zero-order valence-electron chi connectivity index (χ0n) is 1.63.